The van der Waals surface area contributed by atoms with Gasteiger partial charge in [0.1, 0.15) is 11.0 Å². The summed E-state index contributed by atoms with van der Waals surface area (Å²) < 4.78 is 5.26. The van der Waals surface area contributed by atoms with Crippen LogP contribution in [0.1, 0.15) is 13.3 Å². The number of amides is 1. The molecule has 20 heavy (non-hydrogen) atoms. The Morgan fingerprint density at radius 3 is 2.85 bits per heavy atom. The summed E-state index contributed by atoms with van der Waals surface area (Å²) in [7, 11) is 0. The number of rotatable bonds is 4. The first-order chi connectivity index (χ1) is 9.61. The largest absolute Gasteiger partial charge is 0.466 e. The predicted molar refractivity (Wildman–Crippen MR) is 79.3 cm³/mol. The number of hydrogen-bond acceptors (Lipinski definition) is 4. The number of pyridine rings is 1. The van der Waals surface area contributed by atoms with Crippen LogP contribution in [0.4, 0.5) is 5.69 Å². The van der Waals surface area contributed by atoms with Crippen molar-refractivity contribution in [2.24, 2.45) is 0 Å². The van der Waals surface area contributed by atoms with Crippen molar-refractivity contribution >= 4 is 44.3 Å². The van der Waals surface area contributed by atoms with Gasteiger partial charge in [0.25, 0.3) is 0 Å². The second-order valence-electron chi connectivity index (χ2n) is 4.04. The Balaban J connectivity index is 2.23. The molecule has 5 nitrogen and oxygen atoms in total. The zero-order valence-corrected chi connectivity index (χ0v) is 12.4. The lowest BCUT2D eigenvalue weighted by Gasteiger charge is -2.10. The van der Waals surface area contributed by atoms with Gasteiger partial charge in [-0.05, 0) is 22.9 Å². The third-order valence-electron chi connectivity index (χ3n) is 2.63. The normalized spacial score (nSPS) is 10.3. The van der Waals surface area contributed by atoms with Crippen molar-refractivity contribution in [3.05, 3.63) is 35.1 Å². The molecule has 1 aromatic carbocycles. The highest BCUT2D eigenvalue weighted by Gasteiger charge is 2.14. The van der Waals surface area contributed by atoms with Crippen LogP contribution in [0.5, 0.6) is 0 Å². The number of carbonyl (C=O) groups is 2. The third-order valence-corrected chi connectivity index (χ3v) is 3.23. The Morgan fingerprint density at radius 2 is 2.10 bits per heavy atom. The quantitative estimate of drug-likeness (QED) is 0.529. The van der Waals surface area contributed by atoms with Gasteiger partial charge in [0.15, 0.2) is 0 Å². The van der Waals surface area contributed by atoms with E-state index in [-0.39, 0.29) is 13.0 Å². The number of esters is 1. The van der Waals surface area contributed by atoms with Crippen molar-refractivity contribution in [3.63, 3.8) is 0 Å². The van der Waals surface area contributed by atoms with E-state index in [1.54, 1.807) is 13.1 Å². The number of anilines is 1. The van der Waals surface area contributed by atoms with Crippen LogP contribution < -0.4 is 5.32 Å². The molecule has 2 rings (SSSR count). The smallest absolute Gasteiger partial charge is 0.315 e. The van der Waals surface area contributed by atoms with Crippen molar-refractivity contribution in [3.8, 4) is 0 Å². The number of ether oxygens (including phenoxy) is 1. The molecular formula is C14H13BrN2O3. The van der Waals surface area contributed by atoms with Crippen LogP contribution in [0, 0.1) is 0 Å². The fourth-order valence-electron chi connectivity index (χ4n) is 1.78. The van der Waals surface area contributed by atoms with E-state index in [1.165, 1.54) is 0 Å². The standard InChI is InChI=1S/C14H13BrN2O3/c1-2-20-12(19)7-11(18)17-13-10-6-4-3-5-9(10)8-16-14(13)15/h3-6,8H,2,7H2,1H3,(H,17,18). The minimum atomic E-state index is -0.547. The van der Waals surface area contributed by atoms with Crippen LogP contribution in [-0.2, 0) is 14.3 Å². The first-order valence-corrected chi connectivity index (χ1v) is 6.90. The Labute approximate surface area is 124 Å². The molecule has 0 aliphatic rings. The number of nitrogens with one attached hydrogen (secondary N) is 1. The Morgan fingerprint density at radius 1 is 1.35 bits per heavy atom. The average Bonchev–Trinajstić information content (AvgIpc) is 2.42. The lowest BCUT2D eigenvalue weighted by Crippen LogP contribution is -2.18. The number of benzene rings is 1. The summed E-state index contributed by atoms with van der Waals surface area (Å²) in [5, 5.41) is 4.45. The van der Waals surface area contributed by atoms with Crippen LogP contribution in [-0.4, -0.2) is 23.5 Å². The van der Waals surface area contributed by atoms with Crippen LogP contribution in [0.15, 0.2) is 35.1 Å². The van der Waals surface area contributed by atoms with Crippen molar-refractivity contribution in [1.29, 1.82) is 0 Å². The van der Waals surface area contributed by atoms with Gasteiger partial charge < -0.3 is 10.1 Å². The Kier molecular flexibility index (Phi) is 4.68. The van der Waals surface area contributed by atoms with Gasteiger partial charge >= 0.3 is 5.97 Å². The third kappa shape index (κ3) is 3.33. The highest BCUT2D eigenvalue weighted by molar-refractivity contribution is 9.10. The molecule has 0 saturated heterocycles. The lowest BCUT2D eigenvalue weighted by molar-refractivity contribution is -0.145. The molecule has 1 heterocycles. The van der Waals surface area contributed by atoms with Crippen LogP contribution in [0.25, 0.3) is 10.8 Å². The van der Waals surface area contributed by atoms with E-state index < -0.39 is 11.9 Å². The minimum absolute atomic E-state index is 0.256. The summed E-state index contributed by atoms with van der Waals surface area (Å²) in [6.07, 6.45) is 1.39. The second-order valence-corrected chi connectivity index (χ2v) is 4.79. The molecule has 0 saturated carbocycles. The van der Waals surface area contributed by atoms with Gasteiger partial charge in [-0.1, -0.05) is 24.3 Å². The van der Waals surface area contributed by atoms with E-state index in [4.69, 9.17) is 4.74 Å². The Bertz CT molecular complexity index is 658. The van der Waals surface area contributed by atoms with E-state index >= 15 is 0 Å². The maximum Gasteiger partial charge on any atom is 0.315 e. The maximum absolute atomic E-state index is 11.8. The highest BCUT2D eigenvalue weighted by Crippen LogP contribution is 2.29. The van der Waals surface area contributed by atoms with E-state index in [2.05, 4.69) is 26.2 Å². The molecule has 2 aromatic rings. The number of aromatic nitrogens is 1. The molecule has 6 heteroatoms. The number of fused-ring (bicyclic) bond motifs is 1. The molecule has 0 aliphatic carbocycles. The molecule has 0 aliphatic heterocycles. The van der Waals surface area contributed by atoms with Crippen molar-refractivity contribution in [1.82, 2.24) is 4.98 Å². The number of hydrogen-bond donors (Lipinski definition) is 1. The van der Waals surface area contributed by atoms with Crippen molar-refractivity contribution in [2.45, 2.75) is 13.3 Å². The van der Waals surface area contributed by atoms with E-state index in [0.717, 1.165) is 10.8 Å². The monoisotopic (exact) mass is 336 g/mol. The van der Waals surface area contributed by atoms with Gasteiger partial charge in [0.05, 0.1) is 12.3 Å². The van der Waals surface area contributed by atoms with Crippen molar-refractivity contribution in [2.75, 3.05) is 11.9 Å². The summed E-state index contributed by atoms with van der Waals surface area (Å²) in [5.74, 6) is -0.975. The minimum Gasteiger partial charge on any atom is -0.466 e. The first-order valence-electron chi connectivity index (χ1n) is 6.10. The van der Waals surface area contributed by atoms with Crippen LogP contribution in [0.3, 0.4) is 0 Å². The number of carbonyl (C=O) groups excluding carboxylic acids is 2. The van der Waals surface area contributed by atoms with Gasteiger partial charge in [0.2, 0.25) is 5.91 Å². The Hall–Kier alpha value is -1.95. The first kappa shape index (κ1) is 14.5. The van der Waals surface area contributed by atoms with Gasteiger partial charge in [0, 0.05) is 17.0 Å². The van der Waals surface area contributed by atoms with Gasteiger partial charge in [-0.2, -0.15) is 0 Å². The van der Waals surface area contributed by atoms with E-state index in [1.807, 2.05) is 24.3 Å². The topological polar surface area (TPSA) is 68.3 Å². The number of halogens is 1. The number of nitrogens with zero attached hydrogens (tertiary/aromatic N) is 1. The molecule has 1 aromatic heterocycles. The molecule has 0 radical (unpaired) electrons. The van der Waals surface area contributed by atoms with Gasteiger partial charge in [-0.25, -0.2) is 4.98 Å². The van der Waals surface area contributed by atoms with Gasteiger partial charge in [-0.15, -0.1) is 0 Å². The molecule has 0 bridgehead atoms. The predicted octanol–water partition coefficient (Wildman–Crippen LogP) is 2.89. The lowest BCUT2D eigenvalue weighted by atomic mass is 10.1. The summed E-state index contributed by atoms with van der Waals surface area (Å²) >= 11 is 3.30. The molecule has 0 atom stereocenters. The highest BCUT2D eigenvalue weighted by atomic mass is 79.9. The zero-order chi connectivity index (χ0) is 14.5. The fourth-order valence-corrected chi connectivity index (χ4v) is 2.20. The summed E-state index contributed by atoms with van der Waals surface area (Å²) in [6.45, 7) is 1.95. The summed E-state index contributed by atoms with van der Waals surface area (Å²) in [6, 6.07) is 7.54. The molecule has 0 unspecified atom stereocenters. The second kappa shape index (κ2) is 6.47. The van der Waals surface area contributed by atoms with Crippen LogP contribution >= 0.6 is 15.9 Å². The molecular weight excluding hydrogens is 324 g/mol. The molecule has 1 amide bonds. The molecule has 0 fully saturated rings. The van der Waals surface area contributed by atoms with E-state index in [0.29, 0.717) is 10.3 Å². The van der Waals surface area contributed by atoms with Gasteiger partial charge in [-0.3, -0.25) is 9.59 Å². The summed E-state index contributed by atoms with van der Waals surface area (Å²) in [4.78, 5) is 27.3. The van der Waals surface area contributed by atoms with Crippen LogP contribution in [0.2, 0.25) is 0 Å². The maximum atomic E-state index is 11.8. The SMILES string of the molecule is CCOC(=O)CC(=O)Nc1c(Br)ncc2ccccc12. The molecule has 0 spiro atoms. The fraction of sp³-hybridized carbons (Fsp3) is 0.214. The van der Waals surface area contributed by atoms with Crippen molar-refractivity contribution < 1.29 is 14.3 Å². The molecule has 1 N–H and O–H groups in total. The zero-order valence-electron chi connectivity index (χ0n) is 10.9. The average molecular weight is 337 g/mol. The van der Waals surface area contributed by atoms with E-state index in [9.17, 15) is 9.59 Å². The summed E-state index contributed by atoms with van der Waals surface area (Å²) in [5.41, 5.74) is 0.553. The molecule has 104 valence electrons.